The average Bonchev–Trinajstić information content (AvgIpc) is 2.49. The molecule has 0 saturated heterocycles. The first kappa shape index (κ1) is 14.6. The minimum atomic E-state index is 1.01. The van der Waals surface area contributed by atoms with Crippen molar-refractivity contribution in [2.24, 2.45) is 0 Å². The van der Waals surface area contributed by atoms with E-state index in [0.717, 1.165) is 31.7 Å². The van der Waals surface area contributed by atoms with Crippen LogP contribution in [-0.4, -0.2) is 18.1 Å². The lowest BCUT2D eigenvalue weighted by atomic mass is 10.0. The largest absolute Gasteiger partial charge is 0.357 e. The highest BCUT2D eigenvalue weighted by molar-refractivity contribution is 5.39. The van der Waals surface area contributed by atoms with Gasteiger partial charge in [0.2, 0.25) is 0 Å². The van der Waals surface area contributed by atoms with E-state index in [2.05, 4.69) is 67.1 Å². The van der Waals surface area contributed by atoms with E-state index in [1.54, 1.807) is 0 Å². The fraction of sp³-hybridized carbons (Fsp3) is 0.389. The van der Waals surface area contributed by atoms with Gasteiger partial charge in [-0.3, -0.25) is 0 Å². The quantitative estimate of drug-likeness (QED) is 0.786. The second kappa shape index (κ2) is 7.09. The maximum absolute atomic E-state index is 4.57. The molecule has 0 aliphatic heterocycles. The molecule has 1 aromatic heterocycles. The molecule has 0 saturated carbocycles. The molecule has 1 heterocycles. The van der Waals surface area contributed by atoms with Gasteiger partial charge in [0.05, 0.1) is 0 Å². The van der Waals surface area contributed by atoms with E-state index in [1.807, 2.05) is 6.20 Å². The number of aromatic nitrogens is 1. The summed E-state index contributed by atoms with van der Waals surface area (Å²) >= 11 is 0. The summed E-state index contributed by atoms with van der Waals surface area (Å²) in [4.78, 5) is 6.84. The Morgan fingerprint density at radius 2 is 1.45 bits per heavy atom. The fourth-order valence-corrected chi connectivity index (χ4v) is 2.34. The van der Waals surface area contributed by atoms with Crippen LogP contribution in [0.4, 0.5) is 5.82 Å². The lowest BCUT2D eigenvalue weighted by Gasteiger charge is -2.19. The Kier molecular flexibility index (Phi) is 5.16. The van der Waals surface area contributed by atoms with Gasteiger partial charge in [-0.2, -0.15) is 0 Å². The summed E-state index contributed by atoms with van der Waals surface area (Å²) in [7, 11) is 0. The summed E-state index contributed by atoms with van der Waals surface area (Å²) in [6.45, 7) is 8.46. The van der Waals surface area contributed by atoms with Gasteiger partial charge in [-0.05, 0) is 50.8 Å². The van der Waals surface area contributed by atoms with Crippen LogP contribution >= 0.6 is 0 Å². The maximum atomic E-state index is 4.57. The van der Waals surface area contributed by atoms with Crippen LogP contribution in [0.25, 0.3) is 0 Å². The average molecular weight is 268 g/mol. The number of rotatable bonds is 6. The van der Waals surface area contributed by atoms with Crippen molar-refractivity contribution >= 4 is 5.82 Å². The monoisotopic (exact) mass is 268 g/mol. The van der Waals surface area contributed by atoms with Gasteiger partial charge < -0.3 is 4.90 Å². The van der Waals surface area contributed by atoms with E-state index in [4.69, 9.17) is 0 Å². The number of nitrogens with zero attached hydrogens (tertiary/aromatic N) is 2. The molecule has 0 fully saturated rings. The van der Waals surface area contributed by atoms with Crippen LogP contribution in [-0.2, 0) is 12.8 Å². The summed E-state index contributed by atoms with van der Waals surface area (Å²) in [6.07, 6.45) is 4.14. The van der Waals surface area contributed by atoms with E-state index in [9.17, 15) is 0 Å². The molecular weight excluding hydrogens is 244 g/mol. The van der Waals surface area contributed by atoms with Crippen LogP contribution in [0.15, 0.2) is 42.6 Å². The number of benzene rings is 1. The van der Waals surface area contributed by atoms with Crippen LogP contribution in [0.3, 0.4) is 0 Å². The van der Waals surface area contributed by atoms with Crippen LogP contribution in [0, 0.1) is 6.92 Å². The van der Waals surface area contributed by atoms with Gasteiger partial charge in [-0.25, -0.2) is 4.98 Å². The third-order valence-electron chi connectivity index (χ3n) is 3.72. The lowest BCUT2D eigenvalue weighted by Crippen LogP contribution is -2.22. The molecule has 2 heteroatoms. The number of anilines is 1. The molecule has 20 heavy (non-hydrogen) atoms. The third kappa shape index (κ3) is 3.83. The van der Waals surface area contributed by atoms with Gasteiger partial charge in [-0.15, -0.1) is 0 Å². The van der Waals surface area contributed by atoms with Crippen LogP contribution in [0.1, 0.15) is 30.5 Å². The molecule has 2 nitrogen and oxygen atoms in total. The normalized spacial score (nSPS) is 10.6. The topological polar surface area (TPSA) is 16.1 Å². The number of hydrogen-bond donors (Lipinski definition) is 0. The summed E-state index contributed by atoms with van der Waals surface area (Å²) in [5.74, 6) is 1.08. The van der Waals surface area contributed by atoms with Crippen LogP contribution in [0.5, 0.6) is 0 Å². The molecule has 2 aromatic rings. The molecule has 0 aliphatic carbocycles. The SMILES string of the molecule is CCN(CC)c1ccc(CCc2ccc(C)cc2)cn1. The molecule has 0 amide bonds. The molecule has 0 bridgehead atoms. The molecule has 0 atom stereocenters. The van der Waals surface area contributed by atoms with Crippen molar-refractivity contribution in [2.75, 3.05) is 18.0 Å². The second-order valence-corrected chi connectivity index (χ2v) is 5.18. The van der Waals surface area contributed by atoms with Crippen molar-refractivity contribution in [3.8, 4) is 0 Å². The fourth-order valence-electron chi connectivity index (χ4n) is 2.34. The van der Waals surface area contributed by atoms with Gasteiger partial charge >= 0.3 is 0 Å². The van der Waals surface area contributed by atoms with Gasteiger partial charge in [0, 0.05) is 19.3 Å². The lowest BCUT2D eigenvalue weighted by molar-refractivity contribution is 0.842. The number of aryl methyl sites for hydroxylation is 3. The van der Waals surface area contributed by atoms with E-state index in [-0.39, 0.29) is 0 Å². The van der Waals surface area contributed by atoms with Crippen LogP contribution < -0.4 is 4.90 Å². The van der Waals surface area contributed by atoms with E-state index >= 15 is 0 Å². The Balaban J connectivity index is 1.95. The second-order valence-electron chi connectivity index (χ2n) is 5.18. The van der Waals surface area contributed by atoms with Crippen molar-refractivity contribution in [3.63, 3.8) is 0 Å². The molecule has 2 rings (SSSR count). The molecule has 0 radical (unpaired) electrons. The summed E-state index contributed by atoms with van der Waals surface area (Å²) in [6, 6.07) is 13.1. The first-order valence-electron chi connectivity index (χ1n) is 7.48. The molecule has 0 spiro atoms. The zero-order valence-electron chi connectivity index (χ0n) is 12.8. The Bertz CT molecular complexity index is 510. The van der Waals surface area contributed by atoms with Crippen LogP contribution in [0.2, 0.25) is 0 Å². The van der Waals surface area contributed by atoms with Gasteiger partial charge in [0.25, 0.3) is 0 Å². The Morgan fingerprint density at radius 1 is 0.850 bits per heavy atom. The van der Waals surface area contributed by atoms with Gasteiger partial charge in [-0.1, -0.05) is 35.9 Å². The first-order chi connectivity index (χ1) is 9.72. The molecule has 0 unspecified atom stereocenters. The zero-order chi connectivity index (χ0) is 14.4. The Hall–Kier alpha value is -1.83. The van der Waals surface area contributed by atoms with Gasteiger partial charge in [0.1, 0.15) is 5.82 Å². The smallest absolute Gasteiger partial charge is 0.128 e. The van der Waals surface area contributed by atoms with Crippen molar-refractivity contribution in [1.29, 1.82) is 0 Å². The summed E-state index contributed by atoms with van der Waals surface area (Å²) in [5, 5.41) is 0. The zero-order valence-corrected chi connectivity index (χ0v) is 12.8. The Morgan fingerprint density at radius 3 is 2.00 bits per heavy atom. The van der Waals surface area contributed by atoms with E-state index in [1.165, 1.54) is 16.7 Å². The van der Waals surface area contributed by atoms with Crippen molar-refractivity contribution < 1.29 is 0 Å². The van der Waals surface area contributed by atoms with Gasteiger partial charge in [0.15, 0.2) is 0 Å². The van der Waals surface area contributed by atoms with Crippen molar-refractivity contribution in [2.45, 2.75) is 33.6 Å². The molecule has 1 aromatic carbocycles. The Labute approximate surface area is 122 Å². The predicted molar refractivity (Wildman–Crippen MR) is 86.4 cm³/mol. The third-order valence-corrected chi connectivity index (χ3v) is 3.72. The van der Waals surface area contributed by atoms with E-state index < -0.39 is 0 Å². The minimum Gasteiger partial charge on any atom is -0.357 e. The summed E-state index contributed by atoms with van der Waals surface area (Å²) < 4.78 is 0. The highest BCUT2D eigenvalue weighted by atomic mass is 15.2. The highest BCUT2D eigenvalue weighted by Crippen LogP contribution is 2.13. The highest BCUT2D eigenvalue weighted by Gasteiger charge is 2.03. The maximum Gasteiger partial charge on any atom is 0.128 e. The predicted octanol–water partition coefficient (Wildman–Crippen LogP) is 4.02. The molecule has 0 N–H and O–H groups in total. The van der Waals surface area contributed by atoms with Crippen molar-refractivity contribution in [3.05, 3.63) is 59.3 Å². The standard InChI is InChI=1S/C18H24N2/c1-4-20(5-2)18-13-12-17(14-19-18)11-10-16-8-6-15(3)7-9-16/h6-9,12-14H,4-5,10-11H2,1-3H3. The van der Waals surface area contributed by atoms with Crippen molar-refractivity contribution in [1.82, 2.24) is 4.98 Å². The first-order valence-corrected chi connectivity index (χ1v) is 7.48. The molecular formula is C18H24N2. The van der Waals surface area contributed by atoms with E-state index in [0.29, 0.717) is 0 Å². The summed E-state index contributed by atoms with van der Waals surface area (Å²) in [5.41, 5.74) is 4.02. The number of pyridine rings is 1. The molecule has 106 valence electrons. The minimum absolute atomic E-state index is 1.01. The number of hydrogen-bond acceptors (Lipinski definition) is 2. The molecule has 0 aliphatic rings.